The standard InChI is InChI=1S/C17H14F2N2/c1-10-2-3-14-15(4-10)17(8-20)21-9-16(14)11-5-12(18)7-13(19)6-11/h2-7,9H,8,20H2,1H3. The smallest absolute Gasteiger partial charge is 0.126 e. The fourth-order valence-corrected chi connectivity index (χ4v) is 2.52. The van der Waals surface area contributed by atoms with Crippen LogP contribution in [0.15, 0.2) is 42.6 Å². The maximum absolute atomic E-state index is 13.4. The van der Waals surface area contributed by atoms with Crippen LogP contribution in [0, 0.1) is 18.6 Å². The molecule has 0 bridgehead atoms. The highest BCUT2D eigenvalue weighted by Crippen LogP contribution is 2.31. The molecule has 0 spiro atoms. The summed E-state index contributed by atoms with van der Waals surface area (Å²) in [6.07, 6.45) is 1.62. The van der Waals surface area contributed by atoms with E-state index in [1.807, 2.05) is 25.1 Å². The van der Waals surface area contributed by atoms with Gasteiger partial charge in [0.05, 0.1) is 5.69 Å². The summed E-state index contributed by atoms with van der Waals surface area (Å²) in [4.78, 5) is 4.33. The van der Waals surface area contributed by atoms with Gasteiger partial charge in [0, 0.05) is 29.8 Å². The highest BCUT2D eigenvalue weighted by atomic mass is 19.1. The molecule has 0 aliphatic heterocycles. The van der Waals surface area contributed by atoms with Crippen LogP contribution in [0.3, 0.4) is 0 Å². The second kappa shape index (κ2) is 5.22. The van der Waals surface area contributed by atoms with Crippen molar-refractivity contribution < 1.29 is 8.78 Å². The molecule has 0 atom stereocenters. The molecule has 0 aliphatic rings. The lowest BCUT2D eigenvalue weighted by molar-refractivity contribution is 0.584. The second-order valence-corrected chi connectivity index (χ2v) is 5.03. The molecule has 1 heterocycles. The zero-order chi connectivity index (χ0) is 15.0. The van der Waals surface area contributed by atoms with Crippen LogP contribution >= 0.6 is 0 Å². The van der Waals surface area contributed by atoms with E-state index in [4.69, 9.17) is 5.73 Å². The van der Waals surface area contributed by atoms with Gasteiger partial charge in [-0.15, -0.1) is 0 Å². The Morgan fingerprint density at radius 1 is 1.00 bits per heavy atom. The summed E-state index contributed by atoms with van der Waals surface area (Å²) in [5.41, 5.74) is 8.74. The van der Waals surface area contributed by atoms with Crippen LogP contribution < -0.4 is 5.73 Å². The van der Waals surface area contributed by atoms with E-state index in [9.17, 15) is 8.78 Å². The first-order valence-electron chi connectivity index (χ1n) is 6.63. The van der Waals surface area contributed by atoms with E-state index in [2.05, 4.69) is 4.98 Å². The Bertz CT molecular complexity index is 808. The number of hydrogen-bond donors (Lipinski definition) is 1. The number of aromatic nitrogens is 1. The van der Waals surface area contributed by atoms with Crippen molar-refractivity contribution in [3.63, 3.8) is 0 Å². The van der Waals surface area contributed by atoms with E-state index in [1.165, 1.54) is 12.1 Å². The quantitative estimate of drug-likeness (QED) is 0.774. The number of nitrogens with zero attached hydrogens (tertiary/aromatic N) is 1. The average Bonchev–Trinajstić information content (AvgIpc) is 2.44. The number of nitrogens with two attached hydrogens (primary N) is 1. The molecule has 2 N–H and O–H groups in total. The van der Waals surface area contributed by atoms with Gasteiger partial charge in [-0.1, -0.05) is 17.7 Å². The van der Waals surface area contributed by atoms with Gasteiger partial charge in [-0.3, -0.25) is 4.98 Å². The molecular formula is C17H14F2N2. The van der Waals surface area contributed by atoms with Crippen LogP contribution in [0.5, 0.6) is 0 Å². The molecule has 3 rings (SSSR count). The number of benzene rings is 2. The van der Waals surface area contributed by atoms with Gasteiger partial charge in [0.25, 0.3) is 0 Å². The van der Waals surface area contributed by atoms with Crippen molar-refractivity contribution in [3.8, 4) is 11.1 Å². The fraction of sp³-hybridized carbons (Fsp3) is 0.118. The van der Waals surface area contributed by atoms with Gasteiger partial charge in [0.1, 0.15) is 11.6 Å². The molecule has 0 saturated carbocycles. The first kappa shape index (κ1) is 13.6. The molecule has 106 valence electrons. The van der Waals surface area contributed by atoms with Crippen molar-refractivity contribution in [2.24, 2.45) is 5.73 Å². The third-order valence-electron chi connectivity index (χ3n) is 3.49. The maximum Gasteiger partial charge on any atom is 0.126 e. The molecule has 0 unspecified atom stereocenters. The first-order valence-corrected chi connectivity index (χ1v) is 6.63. The van der Waals surface area contributed by atoms with E-state index >= 15 is 0 Å². The van der Waals surface area contributed by atoms with Gasteiger partial charge in [-0.05, 0) is 36.1 Å². The third-order valence-corrected chi connectivity index (χ3v) is 3.49. The molecular weight excluding hydrogens is 270 g/mol. The van der Waals surface area contributed by atoms with Crippen LogP contribution in [0.2, 0.25) is 0 Å². The van der Waals surface area contributed by atoms with Crippen molar-refractivity contribution in [1.82, 2.24) is 4.98 Å². The number of aryl methyl sites for hydroxylation is 1. The number of pyridine rings is 1. The van der Waals surface area contributed by atoms with Gasteiger partial charge in [0.15, 0.2) is 0 Å². The molecule has 4 heteroatoms. The minimum Gasteiger partial charge on any atom is -0.325 e. The van der Waals surface area contributed by atoms with Crippen LogP contribution in [0.1, 0.15) is 11.3 Å². The Kier molecular flexibility index (Phi) is 3.39. The van der Waals surface area contributed by atoms with Crippen LogP contribution in [-0.2, 0) is 6.54 Å². The molecule has 3 aromatic rings. The Morgan fingerprint density at radius 2 is 1.71 bits per heavy atom. The van der Waals surface area contributed by atoms with Crippen molar-refractivity contribution in [2.75, 3.05) is 0 Å². The molecule has 21 heavy (non-hydrogen) atoms. The monoisotopic (exact) mass is 284 g/mol. The SMILES string of the molecule is Cc1ccc2c(-c3cc(F)cc(F)c3)cnc(CN)c2c1. The molecule has 2 nitrogen and oxygen atoms in total. The lowest BCUT2D eigenvalue weighted by atomic mass is 9.97. The van der Waals surface area contributed by atoms with Crippen molar-refractivity contribution in [1.29, 1.82) is 0 Å². The largest absolute Gasteiger partial charge is 0.325 e. The number of halogens is 2. The molecule has 0 aliphatic carbocycles. The summed E-state index contributed by atoms with van der Waals surface area (Å²) in [7, 11) is 0. The molecule has 0 amide bonds. The molecule has 0 saturated heterocycles. The zero-order valence-corrected chi connectivity index (χ0v) is 11.5. The minimum atomic E-state index is -0.604. The molecule has 0 fully saturated rings. The predicted molar refractivity (Wildman–Crippen MR) is 79.7 cm³/mol. The highest BCUT2D eigenvalue weighted by Gasteiger charge is 2.10. The Morgan fingerprint density at radius 3 is 2.38 bits per heavy atom. The highest BCUT2D eigenvalue weighted by molar-refractivity contribution is 5.97. The summed E-state index contributed by atoms with van der Waals surface area (Å²) >= 11 is 0. The molecule has 1 aromatic heterocycles. The van der Waals surface area contributed by atoms with Crippen molar-refractivity contribution in [2.45, 2.75) is 13.5 Å². The van der Waals surface area contributed by atoms with Gasteiger partial charge in [-0.25, -0.2) is 8.78 Å². The van der Waals surface area contributed by atoms with Crippen molar-refractivity contribution in [3.05, 3.63) is 65.5 Å². The van der Waals surface area contributed by atoms with Crippen LogP contribution in [0.25, 0.3) is 21.9 Å². The maximum atomic E-state index is 13.4. The average molecular weight is 284 g/mol. The molecule has 2 aromatic carbocycles. The Balaban J connectivity index is 2.33. The van der Waals surface area contributed by atoms with Gasteiger partial charge < -0.3 is 5.73 Å². The topological polar surface area (TPSA) is 38.9 Å². The molecule has 0 radical (unpaired) electrons. The van der Waals surface area contributed by atoms with Gasteiger partial charge >= 0.3 is 0 Å². The zero-order valence-electron chi connectivity index (χ0n) is 11.5. The third kappa shape index (κ3) is 2.50. The normalized spacial score (nSPS) is 11.0. The summed E-state index contributed by atoms with van der Waals surface area (Å²) in [6, 6.07) is 9.36. The van der Waals surface area contributed by atoms with Gasteiger partial charge in [-0.2, -0.15) is 0 Å². The second-order valence-electron chi connectivity index (χ2n) is 5.03. The van der Waals surface area contributed by atoms with E-state index < -0.39 is 11.6 Å². The van der Waals surface area contributed by atoms with E-state index in [0.29, 0.717) is 17.7 Å². The summed E-state index contributed by atoms with van der Waals surface area (Å²) < 4.78 is 26.9. The Labute approximate surface area is 121 Å². The number of fused-ring (bicyclic) bond motifs is 1. The van der Waals surface area contributed by atoms with E-state index in [1.54, 1.807) is 6.20 Å². The fourth-order valence-electron chi connectivity index (χ4n) is 2.52. The summed E-state index contributed by atoms with van der Waals surface area (Å²) in [6.45, 7) is 2.30. The van der Waals surface area contributed by atoms with Crippen molar-refractivity contribution >= 4 is 10.8 Å². The lowest BCUT2D eigenvalue weighted by Gasteiger charge is -2.11. The van der Waals surface area contributed by atoms with E-state index in [-0.39, 0.29) is 0 Å². The number of hydrogen-bond acceptors (Lipinski definition) is 2. The number of rotatable bonds is 2. The summed E-state index contributed by atoms with van der Waals surface area (Å²) in [5.74, 6) is -1.21. The first-order chi connectivity index (χ1) is 10.1. The summed E-state index contributed by atoms with van der Waals surface area (Å²) in [5, 5.41) is 1.81. The van der Waals surface area contributed by atoms with Crippen LogP contribution in [-0.4, -0.2) is 4.98 Å². The predicted octanol–water partition coefficient (Wildman–Crippen LogP) is 3.95. The lowest BCUT2D eigenvalue weighted by Crippen LogP contribution is -2.01. The van der Waals surface area contributed by atoms with Gasteiger partial charge in [0.2, 0.25) is 0 Å². The van der Waals surface area contributed by atoms with E-state index in [0.717, 1.165) is 28.1 Å². The Hall–Kier alpha value is -2.33. The van der Waals surface area contributed by atoms with Crippen LogP contribution in [0.4, 0.5) is 8.78 Å². The minimum absolute atomic E-state index is 0.317.